The maximum absolute atomic E-state index is 13.3. The highest BCUT2D eigenvalue weighted by molar-refractivity contribution is 5.86. The molecule has 0 aliphatic carbocycles. The topological polar surface area (TPSA) is 182 Å². The zero-order valence-electron chi connectivity index (χ0n) is 24.2. The Labute approximate surface area is 244 Å². The summed E-state index contributed by atoms with van der Waals surface area (Å²) in [7, 11) is 1.51. The first kappa shape index (κ1) is 33.4. The molecule has 0 aromatic heterocycles. The SMILES string of the molecule is COc1ccc(C[C@H](NC(=O)OC(C)(C)C)C(=O)O[C@H](C)[C@H](NC(=O)OCc2ccccc2)C(=O)OCC(N)=O)cc1. The lowest BCUT2D eigenvalue weighted by Crippen LogP contribution is -2.52. The van der Waals surface area contributed by atoms with Crippen molar-refractivity contribution in [3.05, 3.63) is 65.7 Å². The first-order chi connectivity index (χ1) is 19.8. The smallest absolute Gasteiger partial charge is 0.408 e. The third-order valence-corrected chi connectivity index (χ3v) is 5.44. The van der Waals surface area contributed by atoms with Crippen molar-refractivity contribution in [3.8, 4) is 5.75 Å². The van der Waals surface area contributed by atoms with Gasteiger partial charge < -0.3 is 40.1 Å². The minimum absolute atomic E-state index is 0.00186. The summed E-state index contributed by atoms with van der Waals surface area (Å²) < 4.78 is 25.9. The summed E-state index contributed by atoms with van der Waals surface area (Å²) in [5.74, 6) is -2.37. The van der Waals surface area contributed by atoms with Crippen molar-refractivity contribution in [2.75, 3.05) is 13.7 Å². The number of carbonyl (C=O) groups excluding carboxylic acids is 5. The maximum atomic E-state index is 13.3. The van der Waals surface area contributed by atoms with Crippen LogP contribution in [-0.2, 0) is 46.4 Å². The van der Waals surface area contributed by atoms with Crippen molar-refractivity contribution >= 4 is 30.0 Å². The average Bonchev–Trinajstić information content (AvgIpc) is 2.93. The molecule has 13 heteroatoms. The Hall–Kier alpha value is -4.81. The van der Waals surface area contributed by atoms with E-state index in [4.69, 9.17) is 29.4 Å². The molecule has 228 valence electrons. The molecular weight excluding hydrogens is 550 g/mol. The third-order valence-electron chi connectivity index (χ3n) is 5.44. The summed E-state index contributed by atoms with van der Waals surface area (Å²) in [6.07, 6.45) is -3.21. The van der Waals surface area contributed by atoms with Crippen LogP contribution >= 0.6 is 0 Å². The lowest BCUT2D eigenvalue weighted by atomic mass is 10.1. The van der Waals surface area contributed by atoms with Gasteiger partial charge in [0.05, 0.1) is 7.11 Å². The van der Waals surface area contributed by atoms with E-state index in [-0.39, 0.29) is 13.0 Å². The van der Waals surface area contributed by atoms with E-state index in [0.29, 0.717) is 16.9 Å². The zero-order chi connectivity index (χ0) is 31.3. The highest BCUT2D eigenvalue weighted by atomic mass is 16.6. The highest BCUT2D eigenvalue weighted by Crippen LogP contribution is 2.15. The van der Waals surface area contributed by atoms with Gasteiger partial charge in [0.2, 0.25) is 0 Å². The minimum Gasteiger partial charge on any atom is -0.497 e. The quantitative estimate of drug-likeness (QED) is 0.232. The number of primary amides is 1. The fourth-order valence-electron chi connectivity index (χ4n) is 3.47. The van der Waals surface area contributed by atoms with Crippen LogP contribution in [0.25, 0.3) is 0 Å². The van der Waals surface area contributed by atoms with E-state index >= 15 is 0 Å². The summed E-state index contributed by atoms with van der Waals surface area (Å²) in [5, 5.41) is 4.79. The van der Waals surface area contributed by atoms with Gasteiger partial charge in [-0.15, -0.1) is 0 Å². The standard InChI is InChI=1S/C29H37N3O10/c1-18(24(26(35)39-17-23(30)33)32-27(36)40-16-20-9-7-6-8-10-20)41-25(34)22(31-28(37)42-29(2,3)4)15-19-11-13-21(38-5)14-12-19/h6-14,18,22,24H,15-17H2,1-5H3,(H2,30,33)(H,31,37)(H,32,36)/t18-,22+,24+/m1/s1. The van der Waals surface area contributed by atoms with Crippen LogP contribution in [0.1, 0.15) is 38.8 Å². The zero-order valence-corrected chi connectivity index (χ0v) is 24.2. The van der Waals surface area contributed by atoms with Crippen LogP contribution in [0.3, 0.4) is 0 Å². The molecule has 0 unspecified atom stereocenters. The molecule has 0 saturated heterocycles. The van der Waals surface area contributed by atoms with E-state index in [9.17, 15) is 24.0 Å². The molecule has 3 atom stereocenters. The van der Waals surface area contributed by atoms with Crippen LogP contribution in [-0.4, -0.2) is 67.5 Å². The van der Waals surface area contributed by atoms with Crippen molar-refractivity contribution in [3.63, 3.8) is 0 Å². The number of hydrogen-bond acceptors (Lipinski definition) is 10. The lowest BCUT2D eigenvalue weighted by molar-refractivity contribution is -0.160. The van der Waals surface area contributed by atoms with E-state index in [1.165, 1.54) is 14.0 Å². The Morgan fingerprint density at radius 1 is 0.833 bits per heavy atom. The first-order valence-corrected chi connectivity index (χ1v) is 13.0. The van der Waals surface area contributed by atoms with Crippen molar-refractivity contribution in [2.24, 2.45) is 5.73 Å². The van der Waals surface area contributed by atoms with Gasteiger partial charge in [0.25, 0.3) is 5.91 Å². The van der Waals surface area contributed by atoms with Gasteiger partial charge in [-0.1, -0.05) is 42.5 Å². The summed E-state index contributed by atoms with van der Waals surface area (Å²) in [4.78, 5) is 62.2. The molecular formula is C29H37N3O10. The molecule has 0 aliphatic heterocycles. The predicted molar refractivity (Wildman–Crippen MR) is 149 cm³/mol. The molecule has 13 nitrogen and oxygen atoms in total. The second-order valence-corrected chi connectivity index (χ2v) is 10.2. The molecule has 3 amide bonds. The van der Waals surface area contributed by atoms with Crippen molar-refractivity contribution in [2.45, 2.75) is 64.5 Å². The summed E-state index contributed by atoms with van der Waals surface area (Å²) in [5.41, 5.74) is 5.56. The number of amides is 3. The van der Waals surface area contributed by atoms with Gasteiger partial charge >= 0.3 is 24.1 Å². The average molecular weight is 588 g/mol. The molecule has 2 aromatic carbocycles. The first-order valence-electron chi connectivity index (χ1n) is 13.0. The largest absolute Gasteiger partial charge is 0.497 e. The Kier molecular flexibility index (Phi) is 12.6. The van der Waals surface area contributed by atoms with Crippen LogP contribution in [0.4, 0.5) is 9.59 Å². The van der Waals surface area contributed by atoms with Crippen molar-refractivity contribution in [1.82, 2.24) is 10.6 Å². The van der Waals surface area contributed by atoms with Gasteiger partial charge in [0.15, 0.2) is 12.6 Å². The van der Waals surface area contributed by atoms with E-state index in [1.807, 2.05) is 0 Å². The van der Waals surface area contributed by atoms with Crippen LogP contribution in [0.2, 0.25) is 0 Å². The molecule has 0 radical (unpaired) electrons. The second-order valence-electron chi connectivity index (χ2n) is 10.2. The molecule has 0 aliphatic rings. The van der Waals surface area contributed by atoms with Crippen molar-refractivity contribution in [1.29, 1.82) is 0 Å². The van der Waals surface area contributed by atoms with E-state index in [0.717, 1.165) is 0 Å². The molecule has 0 spiro atoms. The number of methoxy groups -OCH3 is 1. The molecule has 4 N–H and O–H groups in total. The summed E-state index contributed by atoms with van der Waals surface area (Å²) in [6.45, 7) is 5.44. The Morgan fingerprint density at radius 2 is 1.48 bits per heavy atom. The van der Waals surface area contributed by atoms with Crippen LogP contribution in [0.5, 0.6) is 5.75 Å². The van der Waals surface area contributed by atoms with Gasteiger partial charge in [-0.25, -0.2) is 19.2 Å². The number of ether oxygens (including phenoxy) is 5. The Morgan fingerprint density at radius 3 is 2.05 bits per heavy atom. The number of nitrogens with two attached hydrogens (primary N) is 1. The monoisotopic (exact) mass is 587 g/mol. The number of hydrogen-bond donors (Lipinski definition) is 3. The van der Waals surface area contributed by atoms with Gasteiger partial charge in [0, 0.05) is 6.42 Å². The van der Waals surface area contributed by atoms with E-state index in [1.54, 1.807) is 75.4 Å². The number of nitrogens with one attached hydrogen (secondary N) is 2. The normalized spacial score (nSPS) is 13.0. The number of rotatable bonds is 13. The van der Waals surface area contributed by atoms with Gasteiger partial charge in [-0.05, 0) is 51.0 Å². The van der Waals surface area contributed by atoms with E-state index in [2.05, 4.69) is 10.6 Å². The number of benzene rings is 2. The predicted octanol–water partition coefficient (Wildman–Crippen LogP) is 2.39. The fraction of sp³-hybridized carbons (Fsp3) is 0.414. The molecule has 2 rings (SSSR count). The lowest BCUT2D eigenvalue weighted by Gasteiger charge is -2.26. The van der Waals surface area contributed by atoms with Gasteiger partial charge in [-0.3, -0.25) is 4.79 Å². The summed E-state index contributed by atoms with van der Waals surface area (Å²) >= 11 is 0. The molecule has 42 heavy (non-hydrogen) atoms. The second kappa shape index (κ2) is 15.8. The number of alkyl carbamates (subject to hydrolysis) is 2. The molecule has 0 fully saturated rings. The number of esters is 2. The van der Waals surface area contributed by atoms with Crippen LogP contribution < -0.4 is 21.1 Å². The highest BCUT2D eigenvalue weighted by Gasteiger charge is 2.35. The Bertz CT molecular complexity index is 1210. The molecule has 0 saturated carbocycles. The molecule has 0 bridgehead atoms. The Balaban J connectivity index is 2.19. The van der Waals surface area contributed by atoms with Crippen molar-refractivity contribution < 1.29 is 47.7 Å². The molecule has 2 aromatic rings. The van der Waals surface area contributed by atoms with Crippen LogP contribution in [0, 0.1) is 0 Å². The third kappa shape index (κ3) is 12.1. The fourth-order valence-corrected chi connectivity index (χ4v) is 3.47. The molecule has 0 heterocycles. The minimum atomic E-state index is -1.58. The van der Waals surface area contributed by atoms with E-state index < -0.39 is 60.4 Å². The van der Waals surface area contributed by atoms with Gasteiger partial charge in [0.1, 0.15) is 30.1 Å². The maximum Gasteiger partial charge on any atom is 0.408 e. The van der Waals surface area contributed by atoms with Crippen LogP contribution in [0.15, 0.2) is 54.6 Å². The van der Waals surface area contributed by atoms with Gasteiger partial charge in [-0.2, -0.15) is 0 Å². The number of carbonyl (C=O) groups is 5. The summed E-state index contributed by atoms with van der Waals surface area (Å²) in [6, 6.07) is 12.7.